The minimum atomic E-state index is -0.179. The van der Waals surface area contributed by atoms with Gasteiger partial charge in [0.2, 0.25) is 5.91 Å². The largest absolute Gasteiger partial charge is 0.322 e. The topological polar surface area (TPSA) is 59.8 Å². The molecule has 156 valence electrons. The Morgan fingerprint density at radius 1 is 1.00 bits per heavy atom. The third kappa shape index (κ3) is 5.07. The summed E-state index contributed by atoms with van der Waals surface area (Å²) in [5, 5.41) is 12.2. The number of carbonyl (C=O) groups excluding carboxylic acids is 1. The average molecular weight is 411 g/mol. The molecule has 0 unspecified atom stereocenters. The maximum atomic E-state index is 12.4. The zero-order valence-electron chi connectivity index (χ0n) is 17.9. The first kappa shape index (κ1) is 20.5. The lowest BCUT2D eigenvalue weighted by molar-refractivity contribution is -0.111. The smallest absolute Gasteiger partial charge is 0.248 e. The van der Waals surface area contributed by atoms with Crippen LogP contribution in [0.3, 0.4) is 0 Å². The molecule has 0 aliphatic heterocycles. The first-order valence-electron chi connectivity index (χ1n) is 10.6. The summed E-state index contributed by atoms with van der Waals surface area (Å²) in [6, 6.07) is 21.9. The Kier molecular flexibility index (Phi) is 6.22. The van der Waals surface area contributed by atoms with E-state index in [0.29, 0.717) is 0 Å². The molecule has 1 amide bonds. The second kappa shape index (κ2) is 9.39. The molecule has 31 heavy (non-hydrogen) atoms. The quantitative estimate of drug-likeness (QED) is 0.396. The normalized spacial score (nSPS) is 11.3. The number of anilines is 1. The van der Waals surface area contributed by atoms with E-state index in [-0.39, 0.29) is 5.91 Å². The van der Waals surface area contributed by atoms with Crippen LogP contribution in [0.2, 0.25) is 0 Å². The zero-order valence-corrected chi connectivity index (χ0v) is 17.9. The Bertz CT molecular complexity index is 1210. The van der Waals surface area contributed by atoms with Crippen molar-refractivity contribution >= 4 is 28.7 Å². The van der Waals surface area contributed by atoms with E-state index in [1.54, 1.807) is 10.9 Å². The van der Waals surface area contributed by atoms with E-state index >= 15 is 0 Å². The van der Waals surface area contributed by atoms with E-state index < -0.39 is 0 Å². The van der Waals surface area contributed by atoms with Gasteiger partial charge in [0.05, 0.1) is 5.69 Å². The third-order valence-electron chi connectivity index (χ3n) is 5.20. The van der Waals surface area contributed by atoms with Gasteiger partial charge in [-0.3, -0.25) is 4.79 Å². The van der Waals surface area contributed by atoms with Gasteiger partial charge in [-0.15, -0.1) is 10.2 Å². The second-order valence-electron chi connectivity index (χ2n) is 7.65. The summed E-state index contributed by atoms with van der Waals surface area (Å²) < 4.78 is 0. The number of unbranched alkanes of at least 4 members (excludes halogenated alkanes) is 1. The molecule has 1 aromatic heterocycles. The molecule has 0 saturated heterocycles. The molecular weight excluding hydrogens is 384 g/mol. The molecule has 0 radical (unpaired) electrons. The SMILES string of the molecule is CCCCc1ccc(-n2nc3cc(C)c(NC(=O)C=Cc4ccccc4)cc3n2)cc1. The molecule has 3 aromatic carbocycles. The van der Waals surface area contributed by atoms with Gasteiger partial charge in [0, 0.05) is 11.8 Å². The number of benzene rings is 3. The molecule has 4 aromatic rings. The van der Waals surface area contributed by atoms with Gasteiger partial charge in [-0.2, -0.15) is 4.80 Å². The highest BCUT2D eigenvalue weighted by molar-refractivity contribution is 6.03. The van der Waals surface area contributed by atoms with Crippen molar-refractivity contribution in [2.45, 2.75) is 33.1 Å². The number of hydrogen-bond donors (Lipinski definition) is 1. The lowest BCUT2D eigenvalue weighted by Gasteiger charge is -2.05. The Labute approximate surface area is 182 Å². The molecule has 0 fully saturated rings. The molecule has 1 N–H and O–H groups in total. The molecule has 0 bridgehead atoms. The van der Waals surface area contributed by atoms with Crippen molar-refractivity contribution < 1.29 is 4.79 Å². The molecule has 5 nitrogen and oxygen atoms in total. The Balaban J connectivity index is 1.52. The van der Waals surface area contributed by atoms with Crippen molar-refractivity contribution in [1.82, 2.24) is 15.0 Å². The minimum Gasteiger partial charge on any atom is -0.322 e. The summed E-state index contributed by atoms with van der Waals surface area (Å²) in [6.07, 6.45) is 6.80. The summed E-state index contributed by atoms with van der Waals surface area (Å²) in [5.41, 5.74) is 6.44. The van der Waals surface area contributed by atoms with Crippen molar-refractivity contribution in [2.75, 3.05) is 5.32 Å². The Morgan fingerprint density at radius 3 is 2.42 bits per heavy atom. The predicted molar refractivity (Wildman–Crippen MR) is 126 cm³/mol. The van der Waals surface area contributed by atoms with Crippen LogP contribution in [0.5, 0.6) is 0 Å². The maximum Gasteiger partial charge on any atom is 0.248 e. The lowest BCUT2D eigenvalue weighted by Crippen LogP contribution is -2.08. The van der Waals surface area contributed by atoms with Crippen LogP contribution in [0.1, 0.15) is 36.5 Å². The number of nitrogens with one attached hydrogen (secondary N) is 1. The number of amides is 1. The van der Waals surface area contributed by atoms with Crippen molar-refractivity contribution in [3.8, 4) is 5.69 Å². The lowest BCUT2D eigenvalue weighted by atomic mass is 10.1. The molecule has 1 heterocycles. The number of nitrogens with zero attached hydrogens (tertiary/aromatic N) is 3. The minimum absolute atomic E-state index is 0.179. The highest BCUT2D eigenvalue weighted by atomic mass is 16.1. The third-order valence-corrected chi connectivity index (χ3v) is 5.20. The molecule has 0 atom stereocenters. The van der Waals surface area contributed by atoms with E-state index in [1.807, 2.05) is 61.5 Å². The standard InChI is InChI=1S/C26H26N4O/c1-3-4-8-21-11-14-22(15-12-21)30-28-24-17-19(2)23(18-25(24)29-30)27-26(31)16-13-20-9-6-5-7-10-20/h5-7,9-18H,3-4,8H2,1-2H3,(H,27,31). The molecule has 0 saturated carbocycles. The van der Waals surface area contributed by atoms with Crippen LogP contribution >= 0.6 is 0 Å². The number of fused-ring (bicyclic) bond motifs is 1. The van der Waals surface area contributed by atoms with E-state index in [2.05, 4.69) is 34.6 Å². The van der Waals surface area contributed by atoms with Crippen molar-refractivity contribution in [3.05, 3.63) is 89.5 Å². The fourth-order valence-corrected chi connectivity index (χ4v) is 3.41. The fourth-order valence-electron chi connectivity index (χ4n) is 3.41. The highest BCUT2D eigenvalue weighted by Crippen LogP contribution is 2.22. The molecule has 0 spiro atoms. The molecule has 4 rings (SSSR count). The molecule has 5 heteroatoms. The monoisotopic (exact) mass is 410 g/mol. The van der Waals surface area contributed by atoms with Crippen LogP contribution in [0, 0.1) is 6.92 Å². The Hall–Kier alpha value is -3.73. The van der Waals surface area contributed by atoms with Crippen LogP contribution in [-0.4, -0.2) is 20.9 Å². The predicted octanol–water partition coefficient (Wildman–Crippen LogP) is 5.72. The van der Waals surface area contributed by atoms with E-state index in [9.17, 15) is 4.79 Å². The van der Waals surface area contributed by atoms with Crippen molar-refractivity contribution in [2.24, 2.45) is 0 Å². The van der Waals surface area contributed by atoms with Gasteiger partial charge >= 0.3 is 0 Å². The van der Waals surface area contributed by atoms with E-state index in [1.165, 1.54) is 24.5 Å². The number of hydrogen-bond acceptors (Lipinski definition) is 3. The van der Waals surface area contributed by atoms with Gasteiger partial charge in [-0.25, -0.2) is 0 Å². The Morgan fingerprint density at radius 2 is 1.71 bits per heavy atom. The van der Waals surface area contributed by atoms with E-state index in [4.69, 9.17) is 0 Å². The first-order valence-corrected chi connectivity index (χ1v) is 10.6. The fraction of sp³-hybridized carbons (Fsp3) is 0.192. The number of aryl methyl sites for hydroxylation is 2. The summed E-state index contributed by atoms with van der Waals surface area (Å²) in [5.74, 6) is -0.179. The van der Waals surface area contributed by atoms with Gasteiger partial charge in [0.25, 0.3) is 0 Å². The second-order valence-corrected chi connectivity index (χ2v) is 7.65. The van der Waals surface area contributed by atoms with Crippen molar-refractivity contribution in [1.29, 1.82) is 0 Å². The maximum absolute atomic E-state index is 12.4. The van der Waals surface area contributed by atoms with Crippen LogP contribution in [0.4, 0.5) is 5.69 Å². The van der Waals surface area contributed by atoms with Crippen LogP contribution in [0.25, 0.3) is 22.8 Å². The van der Waals surface area contributed by atoms with Gasteiger partial charge in [0.15, 0.2) is 0 Å². The zero-order chi connectivity index (χ0) is 21.6. The number of aromatic nitrogens is 3. The van der Waals surface area contributed by atoms with E-state index in [0.717, 1.165) is 40.0 Å². The van der Waals surface area contributed by atoms with Gasteiger partial charge in [0.1, 0.15) is 11.0 Å². The first-order chi connectivity index (χ1) is 15.1. The van der Waals surface area contributed by atoms with Crippen LogP contribution in [-0.2, 0) is 11.2 Å². The molecule has 0 aliphatic rings. The average Bonchev–Trinajstić information content (AvgIpc) is 3.20. The highest BCUT2D eigenvalue weighted by Gasteiger charge is 2.10. The summed E-state index contributed by atoms with van der Waals surface area (Å²) in [6.45, 7) is 4.16. The van der Waals surface area contributed by atoms with Crippen LogP contribution in [0.15, 0.2) is 72.8 Å². The van der Waals surface area contributed by atoms with Gasteiger partial charge in [-0.05, 0) is 66.8 Å². The summed E-state index contributed by atoms with van der Waals surface area (Å²) in [4.78, 5) is 14.0. The van der Waals surface area contributed by atoms with Gasteiger partial charge < -0.3 is 5.32 Å². The summed E-state index contributed by atoms with van der Waals surface area (Å²) >= 11 is 0. The molecular formula is C26H26N4O. The summed E-state index contributed by atoms with van der Waals surface area (Å²) in [7, 11) is 0. The van der Waals surface area contributed by atoms with Crippen LogP contribution < -0.4 is 5.32 Å². The number of rotatable bonds is 7. The van der Waals surface area contributed by atoms with Gasteiger partial charge in [-0.1, -0.05) is 55.8 Å². The van der Waals surface area contributed by atoms with Crippen molar-refractivity contribution in [3.63, 3.8) is 0 Å². The molecule has 0 aliphatic carbocycles. The number of carbonyl (C=O) groups is 1.